The van der Waals surface area contributed by atoms with Gasteiger partial charge >= 0.3 is 0 Å². The van der Waals surface area contributed by atoms with E-state index in [-0.39, 0.29) is 6.04 Å². The third-order valence-electron chi connectivity index (χ3n) is 3.09. The van der Waals surface area contributed by atoms with E-state index in [2.05, 4.69) is 12.2 Å². The van der Waals surface area contributed by atoms with Gasteiger partial charge < -0.3 is 5.32 Å². The van der Waals surface area contributed by atoms with E-state index in [4.69, 9.17) is 34.8 Å². The molecule has 2 aromatic carbocycles. The average Bonchev–Trinajstić information content (AvgIpc) is 2.44. The lowest BCUT2D eigenvalue weighted by atomic mass is 9.98. The van der Waals surface area contributed by atoms with Gasteiger partial charge in [-0.25, -0.2) is 0 Å². The first-order valence-corrected chi connectivity index (χ1v) is 7.69. The molecule has 1 nitrogen and oxygen atoms in total. The smallest absolute Gasteiger partial charge is 0.0595 e. The molecule has 0 aromatic heterocycles. The Labute approximate surface area is 134 Å². The van der Waals surface area contributed by atoms with Crippen LogP contribution in [0.15, 0.2) is 42.5 Å². The third kappa shape index (κ3) is 3.67. The Morgan fingerprint density at radius 3 is 2.35 bits per heavy atom. The average molecular weight is 329 g/mol. The zero-order valence-electron chi connectivity index (χ0n) is 11.2. The summed E-state index contributed by atoms with van der Waals surface area (Å²) in [4.78, 5) is 0. The van der Waals surface area contributed by atoms with Crippen LogP contribution >= 0.6 is 34.8 Å². The third-order valence-corrected chi connectivity index (χ3v) is 4.17. The van der Waals surface area contributed by atoms with Crippen LogP contribution in [0.2, 0.25) is 15.1 Å². The molecule has 0 aliphatic carbocycles. The largest absolute Gasteiger partial charge is 0.306 e. The zero-order valence-corrected chi connectivity index (χ0v) is 13.4. The Morgan fingerprint density at radius 1 is 0.950 bits per heavy atom. The molecular weight excluding hydrogens is 313 g/mol. The first-order chi connectivity index (χ1) is 9.63. The van der Waals surface area contributed by atoms with Crippen molar-refractivity contribution in [1.29, 1.82) is 0 Å². The molecule has 0 bridgehead atoms. The molecule has 1 unspecified atom stereocenters. The maximum absolute atomic E-state index is 6.32. The van der Waals surface area contributed by atoms with Crippen molar-refractivity contribution >= 4 is 34.8 Å². The maximum atomic E-state index is 6.32. The molecule has 4 heteroatoms. The van der Waals surface area contributed by atoms with Crippen LogP contribution in [0, 0.1) is 0 Å². The van der Waals surface area contributed by atoms with E-state index in [0.717, 1.165) is 29.1 Å². The highest BCUT2D eigenvalue weighted by Gasteiger charge is 2.16. The molecule has 0 spiro atoms. The fourth-order valence-corrected chi connectivity index (χ4v) is 2.65. The molecule has 0 saturated heterocycles. The molecule has 2 rings (SSSR count). The Balaban J connectivity index is 2.41. The maximum Gasteiger partial charge on any atom is 0.0595 e. The van der Waals surface area contributed by atoms with Crippen LogP contribution in [-0.2, 0) is 0 Å². The minimum atomic E-state index is 0.0124. The van der Waals surface area contributed by atoms with Crippen molar-refractivity contribution in [2.75, 3.05) is 6.54 Å². The Morgan fingerprint density at radius 2 is 1.70 bits per heavy atom. The summed E-state index contributed by atoms with van der Waals surface area (Å²) >= 11 is 18.4. The molecule has 0 saturated carbocycles. The Hall–Kier alpha value is -0.730. The lowest BCUT2D eigenvalue weighted by molar-refractivity contribution is 0.599. The minimum absolute atomic E-state index is 0.0124. The molecule has 0 aliphatic rings. The Kier molecular flexibility index (Phi) is 5.74. The Bertz CT molecular complexity index is 584. The summed E-state index contributed by atoms with van der Waals surface area (Å²) in [7, 11) is 0. The van der Waals surface area contributed by atoms with Crippen molar-refractivity contribution in [3.05, 3.63) is 68.7 Å². The predicted molar refractivity (Wildman–Crippen MR) is 88.1 cm³/mol. The molecule has 0 radical (unpaired) electrons. The van der Waals surface area contributed by atoms with Crippen LogP contribution in [0.3, 0.4) is 0 Å². The van der Waals surface area contributed by atoms with E-state index < -0.39 is 0 Å². The lowest BCUT2D eigenvalue weighted by Gasteiger charge is -2.21. The van der Waals surface area contributed by atoms with Crippen molar-refractivity contribution in [1.82, 2.24) is 5.32 Å². The molecule has 0 heterocycles. The van der Waals surface area contributed by atoms with Gasteiger partial charge in [-0.3, -0.25) is 0 Å². The van der Waals surface area contributed by atoms with Crippen LogP contribution in [-0.4, -0.2) is 6.54 Å². The van der Waals surface area contributed by atoms with Gasteiger partial charge in [-0.2, -0.15) is 0 Å². The SMILES string of the molecule is CCCNC(c1ccc(Cl)c(Cl)c1)c1ccccc1Cl. The van der Waals surface area contributed by atoms with E-state index in [9.17, 15) is 0 Å². The van der Waals surface area contributed by atoms with Crippen molar-refractivity contribution in [2.45, 2.75) is 19.4 Å². The number of rotatable bonds is 5. The van der Waals surface area contributed by atoms with Gasteiger partial charge in [0.15, 0.2) is 0 Å². The van der Waals surface area contributed by atoms with Crippen molar-refractivity contribution in [2.24, 2.45) is 0 Å². The monoisotopic (exact) mass is 327 g/mol. The summed E-state index contributed by atoms with van der Waals surface area (Å²) < 4.78 is 0. The van der Waals surface area contributed by atoms with Gasteiger partial charge in [-0.05, 0) is 42.3 Å². The van der Waals surface area contributed by atoms with E-state index in [1.54, 1.807) is 0 Å². The molecule has 1 atom stereocenters. The number of benzene rings is 2. The number of nitrogens with one attached hydrogen (secondary N) is 1. The van der Waals surface area contributed by atoms with Crippen LogP contribution in [0.1, 0.15) is 30.5 Å². The molecule has 0 amide bonds. The molecule has 0 fully saturated rings. The fourth-order valence-electron chi connectivity index (χ4n) is 2.10. The highest BCUT2D eigenvalue weighted by Crippen LogP contribution is 2.31. The second-order valence-corrected chi connectivity index (χ2v) is 5.80. The van der Waals surface area contributed by atoms with E-state index >= 15 is 0 Å². The van der Waals surface area contributed by atoms with Gasteiger partial charge in [0.1, 0.15) is 0 Å². The molecule has 2 aromatic rings. The standard InChI is InChI=1S/C16H16Cl3N/c1-2-9-20-16(12-5-3-4-6-13(12)17)11-7-8-14(18)15(19)10-11/h3-8,10,16,20H,2,9H2,1H3. The van der Waals surface area contributed by atoms with Gasteiger partial charge in [0.05, 0.1) is 16.1 Å². The van der Waals surface area contributed by atoms with Gasteiger partial charge in [0, 0.05) is 5.02 Å². The van der Waals surface area contributed by atoms with Gasteiger partial charge in [0.25, 0.3) is 0 Å². The summed E-state index contributed by atoms with van der Waals surface area (Å²) in [6, 6.07) is 13.5. The van der Waals surface area contributed by atoms with Crippen molar-refractivity contribution in [3.63, 3.8) is 0 Å². The van der Waals surface area contributed by atoms with E-state index in [1.807, 2.05) is 42.5 Å². The molecular formula is C16H16Cl3N. The van der Waals surface area contributed by atoms with Crippen LogP contribution < -0.4 is 5.32 Å². The van der Waals surface area contributed by atoms with Crippen LogP contribution in [0.25, 0.3) is 0 Å². The zero-order chi connectivity index (χ0) is 14.5. The molecule has 1 N–H and O–H groups in total. The van der Waals surface area contributed by atoms with Gasteiger partial charge in [-0.15, -0.1) is 0 Å². The second kappa shape index (κ2) is 7.33. The summed E-state index contributed by atoms with van der Waals surface area (Å²) in [5.41, 5.74) is 2.10. The quantitative estimate of drug-likeness (QED) is 0.738. The minimum Gasteiger partial charge on any atom is -0.306 e. The van der Waals surface area contributed by atoms with Crippen molar-refractivity contribution < 1.29 is 0 Å². The fraction of sp³-hybridized carbons (Fsp3) is 0.250. The molecule has 0 aliphatic heterocycles. The predicted octanol–water partition coefficient (Wildman–Crippen LogP) is 5.74. The normalized spacial score (nSPS) is 12.4. The van der Waals surface area contributed by atoms with E-state index in [1.165, 1.54) is 0 Å². The van der Waals surface area contributed by atoms with Gasteiger partial charge in [0.2, 0.25) is 0 Å². The molecule has 20 heavy (non-hydrogen) atoms. The highest BCUT2D eigenvalue weighted by atomic mass is 35.5. The van der Waals surface area contributed by atoms with Crippen LogP contribution in [0.4, 0.5) is 0 Å². The van der Waals surface area contributed by atoms with Crippen LogP contribution in [0.5, 0.6) is 0 Å². The summed E-state index contributed by atoms with van der Waals surface area (Å²) in [5, 5.41) is 5.36. The summed E-state index contributed by atoms with van der Waals surface area (Å²) in [6.07, 6.45) is 1.04. The van der Waals surface area contributed by atoms with Gasteiger partial charge in [-0.1, -0.05) is 66.0 Å². The topological polar surface area (TPSA) is 12.0 Å². The summed E-state index contributed by atoms with van der Waals surface area (Å²) in [5.74, 6) is 0. The second-order valence-electron chi connectivity index (χ2n) is 4.58. The highest BCUT2D eigenvalue weighted by molar-refractivity contribution is 6.42. The van der Waals surface area contributed by atoms with E-state index in [0.29, 0.717) is 10.0 Å². The number of hydrogen-bond acceptors (Lipinski definition) is 1. The number of halogens is 3. The summed E-state index contributed by atoms with van der Waals surface area (Å²) in [6.45, 7) is 3.03. The number of hydrogen-bond donors (Lipinski definition) is 1. The first-order valence-electron chi connectivity index (χ1n) is 6.56. The molecule has 106 valence electrons. The lowest BCUT2D eigenvalue weighted by Crippen LogP contribution is -2.23. The first kappa shape index (κ1) is 15.7. The van der Waals surface area contributed by atoms with Crippen molar-refractivity contribution in [3.8, 4) is 0 Å².